The Labute approximate surface area is 123 Å². The molecule has 6 heteroatoms. The number of rotatable bonds is 4. The predicted molar refractivity (Wildman–Crippen MR) is 82.4 cm³/mol. The number of nitrogens with two attached hydrogens (primary N) is 1. The van der Waals surface area contributed by atoms with Gasteiger partial charge >= 0.3 is 0 Å². The molecule has 0 radical (unpaired) electrons. The number of benzene rings is 1. The molecule has 2 heterocycles. The molecule has 0 aliphatic heterocycles. The van der Waals surface area contributed by atoms with Crippen molar-refractivity contribution in [1.82, 2.24) is 19.3 Å². The summed E-state index contributed by atoms with van der Waals surface area (Å²) in [4.78, 5) is 4.44. The Balaban J connectivity index is 2.04. The Kier molecular flexibility index (Phi) is 3.29. The van der Waals surface area contributed by atoms with Gasteiger partial charge in [0.05, 0.1) is 19.3 Å². The summed E-state index contributed by atoms with van der Waals surface area (Å²) in [5.74, 6) is 1.36. The SMILES string of the molecule is CCn1nc(C)c2nc(N)n(Cc3ccc(OC)cc3)c21. The molecule has 6 nitrogen and oxygen atoms in total. The Morgan fingerprint density at radius 2 is 1.95 bits per heavy atom. The Morgan fingerprint density at radius 3 is 2.57 bits per heavy atom. The molecule has 1 aromatic carbocycles. The number of hydrogen-bond donors (Lipinski definition) is 1. The molecule has 0 spiro atoms. The molecule has 21 heavy (non-hydrogen) atoms. The lowest BCUT2D eigenvalue weighted by molar-refractivity contribution is 0.414. The Hall–Kier alpha value is -2.50. The van der Waals surface area contributed by atoms with Crippen LogP contribution in [0.3, 0.4) is 0 Å². The first-order chi connectivity index (χ1) is 10.1. The summed E-state index contributed by atoms with van der Waals surface area (Å²) >= 11 is 0. The fourth-order valence-electron chi connectivity index (χ4n) is 2.53. The number of ether oxygens (including phenoxy) is 1. The van der Waals surface area contributed by atoms with Crippen molar-refractivity contribution in [2.45, 2.75) is 26.9 Å². The van der Waals surface area contributed by atoms with Crippen molar-refractivity contribution in [2.24, 2.45) is 0 Å². The average Bonchev–Trinajstić information content (AvgIpc) is 2.98. The van der Waals surface area contributed by atoms with Gasteiger partial charge in [-0.25, -0.2) is 9.67 Å². The highest BCUT2D eigenvalue weighted by Gasteiger charge is 2.16. The molecule has 2 aromatic heterocycles. The number of nitrogens with zero attached hydrogens (tertiary/aromatic N) is 4. The number of anilines is 1. The van der Waals surface area contributed by atoms with Gasteiger partial charge in [0, 0.05) is 6.54 Å². The molecular formula is C15H19N5O. The van der Waals surface area contributed by atoms with E-state index in [1.807, 2.05) is 40.4 Å². The fraction of sp³-hybridized carbons (Fsp3) is 0.333. The monoisotopic (exact) mass is 285 g/mol. The number of nitrogen functional groups attached to an aromatic ring is 1. The van der Waals surface area contributed by atoms with Gasteiger partial charge in [0.1, 0.15) is 11.3 Å². The molecule has 0 bridgehead atoms. The number of hydrogen-bond acceptors (Lipinski definition) is 4. The molecule has 110 valence electrons. The minimum atomic E-state index is 0.517. The summed E-state index contributed by atoms with van der Waals surface area (Å²) in [5, 5.41) is 4.50. The smallest absolute Gasteiger partial charge is 0.202 e. The lowest BCUT2D eigenvalue weighted by atomic mass is 10.2. The summed E-state index contributed by atoms with van der Waals surface area (Å²) in [6.07, 6.45) is 0. The molecule has 0 saturated heterocycles. The molecule has 0 amide bonds. The van der Waals surface area contributed by atoms with Crippen LogP contribution in [0.2, 0.25) is 0 Å². The third-order valence-electron chi connectivity index (χ3n) is 3.63. The van der Waals surface area contributed by atoms with Crippen LogP contribution in [0.1, 0.15) is 18.2 Å². The molecule has 3 aromatic rings. The lowest BCUT2D eigenvalue weighted by Gasteiger charge is -2.09. The highest BCUT2D eigenvalue weighted by Crippen LogP contribution is 2.23. The van der Waals surface area contributed by atoms with E-state index < -0.39 is 0 Å². The summed E-state index contributed by atoms with van der Waals surface area (Å²) in [6, 6.07) is 7.96. The van der Waals surface area contributed by atoms with Crippen LogP contribution < -0.4 is 10.5 Å². The summed E-state index contributed by atoms with van der Waals surface area (Å²) in [7, 11) is 1.66. The van der Waals surface area contributed by atoms with E-state index in [9.17, 15) is 0 Å². The van der Waals surface area contributed by atoms with Gasteiger partial charge in [-0.05, 0) is 31.5 Å². The quantitative estimate of drug-likeness (QED) is 0.797. The summed E-state index contributed by atoms with van der Waals surface area (Å²) in [5.41, 5.74) is 9.98. The van der Waals surface area contributed by atoms with Gasteiger partial charge in [0.25, 0.3) is 0 Å². The van der Waals surface area contributed by atoms with Gasteiger partial charge in [-0.2, -0.15) is 5.10 Å². The zero-order chi connectivity index (χ0) is 15.0. The van der Waals surface area contributed by atoms with Crippen molar-refractivity contribution in [3.05, 3.63) is 35.5 Å². The number of aryl methyl sites for hydroxylation is 2. The van der Waals surface area contributed by atoms with E-state index in [2.05, 4.69) is 17.0 Å². The van der Waals surface area contributed by atoms with Crippen molar-refractivity contribution < 1.29 is 4.74 Å². The molecule has 0 fully saturated rings. The van der Waals surface area contributed by atoms with Crippen LogP contribution in [0.5, 0.6) is 5.75 Å². The maximum absolute atomic E-state index is 6.08. The van der Waals surface area contributed by atoms with E-state index in [0.717, 1.165) is 34.7 Å². The first-order valence-electron chi connectivity index (χ1n) is 6.96. The molecule has 0 unspecified atom stereocenters. The number of fused-ring (bicyclic) bond motifs is 1. The second kappa shape index (κ2) is 5.12. The van der Waals surface area contributed by atoms with Crippen molar-refractivity contribution in [2.75, 3.05) is 12.8 Å². The summed E-state index contributed by atoms with van der Waals surface area (Å²) in [6.45, 7) is 5.47. The maximum Gasteiger partial charge on any atom is 0.202 e. The van der Waals surface area contributed by atoms with Crippen LogP contribution in [0, 0.1) is 6.92 Å². The van der Waals surface area contributed by atoms with Gasteiger partial charge in [0.2, 0.25) is 5.95 Å². The predicted octanol–water partition coefficient (Wildman–Crippen LogP) is 2.20. The molecule has 0 saturated carbocycles. The Bertz CT molecular complexity index is 770. The van der Waals surface area contributed by atoms with Crippen molar-refractivity contribution >= 4 is 17.1 Å². The third kappa shape index (κ3) is 2.22. The van der Waals surface area contributed by atoms with E-state index in [-0.39, 0.29) is 0 Å². The molecule has 0 aliphatic rings. The molecule has 3 rings (SSSR count). The van der Waals surface area contributed by atoms with E-state index in [1.54, 1.807) is 7.11 Å². The minimum absolute atomic E-state index is 0.517. The fourth-order valence-corrected chi connectivity index (χ4v) is 2.53. The Morgan fingerprint density at radius 1 is 1.24 bits per heavy atom. The van der Waals surface area contributed by atoms with Crippen molar-refractivity contribution in [3.8, 4) is 5.75 Å². The van der Waals surface area contributed by atoms with E-state index in [1.165, 1.54) is 0 Å². The van der Waals surface area contributed by atoms with E-state index in [0.29, 0.717) is 12.5 Å². The third-order valence-corrected chi connectivity index (χ3v) is 3.63. The van der Waals surface area contributed by atoms with E-state index in [4.69, 9.17) is 10.5 Å². The molecule has 0 aliphatic carbocycles. The van der Waals surface area contributed by atoms with Gasteiger partial charge in [0.15, 0.2) is 5.65 Å². The van der Waals surface area contributed by atoms with Crippen LogP contribution >= 0.6 is 0 Å². The molecule has 0 atom stereocenters. The summed E-state index contributed by atoms with van der Waals surface area (Å²) < 4.78 is 9.12. The molecular weight excluding hydrogens is 266 g/mol. The minimum Gasteiger partial charge on any atom is -0.497 e. The van der Waals surface area contributed by atoms with Gasteiger partial charge < -0.3 is 10.5 Å². The average molecular weight is 285 g/mol. The number of aromatic nitrogens is 4. The van der Waals surface area contributed by atoms with Crippen LogP contribution in [-0.4, -0.2) is 26.4 Å². The van der Waals surface area contributed by atoms with Crippen LogP contribution in [-0.2, 0) is 13.1 Å². The highest BCUT2D eigenvalue weighted by atomic mass is 16.5. The van der Waals surface area contributed by atoms with Gasteiger partial charge in [-0.3, -0.25) is 4.57 Å². The van der Waals surface area contributed by atoms with E-state index >= 15 is 0 Å². The van der Waals surface area contributed by atoms with Crippen LogP contribution in [0.15, 0.2) is 24.3 Å². The topological polar surface area (TPSA) is 70.9 Å². The highest BCUT2D eigenvalue weighted by molar-refractivity contribution is 5.77. The van der Waals surface area contributed by atoms with Crippen molar-refractivity contribution in [3.63, 3.8) is 0 Å². The number of imidazole rings is 1. The van der Waals surface area contributed by atoms with Crippen LogP contribution in [0.4, 0.5) is 5.95 Å². The number of methoxy groups -OCH3 is 1. The first-order valence-corrected chi connectivity index (χ1v) is 6.96. The maximum atomic E-state index is 6.08. The first kappa shape index (κ1) is 13.5. The zero-order valence-corrected chi connectivity index (χ0v) is 12.5. The molecule has 2 N–H and O–H groups in total. The largest absolute Gasteiger partial charge is 0.497 e. The van der Waals surface area contributed by atoms with Gasteiger partial charge in [-0.15, -0.1) is 0 Å². The van der Waals surface area contributed by atoms with Crippen LogP contribution in [0.25, 0.3) is 11.2 Å². The standard InChI is InChI=1S/C15H19N5O/c1-4-20-14-13(10(2)18-20)17-15(16)19(14)9-11-5-7-12(21-3)8-6-11/h5-8H,4,9H2,1-3H3,(H2,16,17). The second-order valence-corrected chi connectivity index (χ2v) is 4.98. The zero-order valence-electron chi connectivity index (χ0n) is 12.5. The van der Waals surface area contributed by atoms with Gasteiger partial charge in [-0.1, -0.05) is 12.1 Å². The second-order valence-electron chi connectivity index (χ2n) is 4.98. The van der Waals surface area contributed by atoms with Crippen molar-refractivity contribution in [1.29, 1.82) is 0 Å². The normalized spacial score (nSPS) is 11.2. The lowest BCUT2D eigenvalue weighted by Crippen LogP contribution is -2.09.